The number of aliphatic imine (C=N–C) groups is 1. The molecular weight excluding hydrogens is 430 g/mol. The summed E-state index contributed by atoms with van der Waals surface area (Å²) in [6.07, 6.45) is 2.16. The Morgan fingerprint density at radius 1 is 1.38 bits per heavy atom. The van der Waals surface area contributed by atoms with Crippen molar-refractivity contribution in [2.24, 2.45) is 10.7 Å². The molecule has 0 saturated carbocycles. The number of pyridine rings is 2. The van der Waals surface area contributed by atoms with Crippen molar-refractivity contribution in [2.45, 2.75) is 31.7 Å². The number of likely N-dealkylation sites (tertiary alicyclic amines) is 1. The van der Waals surface area contributed by atoms with Gasteiger partial charge in [-0.15, -0.1) is 0 Å². The van der Waals surface area contributed by atoms with Gasteiger partial charge in [0.25, 0.3) is 11.8 Å². The van der Waals surface area contributed by atoms with Crippen LogP contribution in [-0.2, 0) is 12.7 Å². The number of halogens is 4. The first-order chi connectivity index (χ1) is 15.3. The molecule has 0 spiro atoms. The molecule has 32 heavy (non-hydrogen) atoms. The van der Waals surface area contributed by atoms with Crippen molar-refractivity contribution in [3.8, 4) is 5.88 Å². The smallest absolute Gasteiger partial charge is 0.417 e. The van der Waals surface area contributed by atoms with Gasteiger partial charge in [-0.3, -0.25) is 14.8 Å². The Balaban J connectivity index is 1.70. The summed E-state index contributed by atoms with van der Waals surface area (Å²) >= 11 is 0. The number of alkyl halides is 3. The lowest BCUT2D eigenvalue weighted by atomic mass is 10.1. The van der Waals surface area contributed by atoms with Crippen LogP contribution in [0, 0.1) is 5.82 Å². The standard InChI is InChI=1S/C21H21F4N5O2/c22-17-10-15(21(23,24)25)12-29-19(17)32-16-5-2-9-30(13-16)20(31)18-14(4-1-8-28-18)11-27-7-3-6-26/h1,3-4,6-8,10,12,16H,2,5,9,11,13,26H2/b6-3-,27-7?. The van der Waals surface area contributed by atoms with E-state index in [4.69, 9.17) is 10.5 Å². The number of carbonyl (C=O) groups excluding carboxylic acids is 1. The lowest BCUT2D eigenvalue weighted by molar-refractivity contribution is -0.138. The summed E-state index contributed by atoms with van der Waals surface area (Å²) in [6, 6.07) is 3.78. The van der Waals surface area contributed by atoms with Crippen molar-refractivity contribution < 1.29 is 27.1 Å². The second-order valence-electron chi connectivity index (χ2n) is 7.03. The molecule has 1 unspecified atom stereocenters. The van der Waals surface area contributed by atoms with Gasteiger partial charge in [0, 0.05) is 30.7 Å². The van der Waals surface area contributed by atoms with Gasteiger partial charge in [-0.2, -0.15) is 13.2 Å². The molecule has 1 fully saturated rings. The molecule has 2 aromatic heterocycles. The van der Waals surface area contributed by atoms with Gasteiger partial charge >= 0.3 is 6.18 Å². The predicted molar refractivity (Wildman–Crippen MR) is 109 cm³/mol. The maximum absolute atomic E-state index is 14.1. The Morgan fingerprint density at radius 3 is 2.91 bits per heavy atom. The fraction of sp³-hybridized carbons (Fsp3) is 0.333. The van der Waals surface area contributed by atoms with E-state index in [1.54, 1.807) is 18.2 Å². The molecule has 0 radical (unpaired) electrons. The first-order valence-electron chi connectivity index (χ1n) is 9.79. The number of rotatable bonds is 6. The summed E-state index contributed by atoms with van der Waals surface area (Å²) < 4.78 is 57.6. The summed E-state index contributed by atoms with van der Waals surface area (Å²) in [6.45, 7) is 0.792. The van der Waals surface area contributed by atoms with Gasteiger partial charge in [0.15, 0.2) is 5.82 Å². The predicted octanol–water partition coefficient (Wildman–Crippen LogP) is 3.36. The van der Waals surface area contributed by atoms with E-state index < -0.39 is 29.5 Å². The fourth-order valence-corrected chi connectivity index (χ4v) is 3.21. The van der Waals surface area contributed by atoms with Crippen LogP contribution in [0.1, 0.15) is 34.5 Å². The highest BCUT2D eigenvalue weighted by atomic mass is 19.4. The average molecular weight is 451 g/mol. The van der Waals surface area contributed by atoms with Crippen molar-refractivity contribution in [2.75, 3.05) is 13.1 Å². The highest BCUT2D eigenvalue weighted by Crippen LogP contribution is 2.31. The van der Waals surface area contributed by atoms with E-state index in [0.29, 0.717) is 37.2 Å². The van der Waals surface area contributed by atoms with Gasteiger partial charge in [-0.05, 0) is 37.3 Å². The summed E-state index contributed by atoms with van der Waals surface area (Å²) in [5, 5.41) is 0. The van der Waals surface area contributed by atoms with Gasteiger partial charge in [-0.25, -0.2) is 9.37 Å². The Bertz CT molecular complexity index is 1010. The highest BCUT2D eigenvalue weighted by molar-refractivity contribution is 5.93. The number of allylic oxidation sites excluding steroid dienone is 1. The summed E-state index contributed by atoms with van der Waals surface area (Å²) in [5.74, 6) is -2.07. The summed E-state index contributed by atoms with van der Waals surface area (Å²) in [4.78, 5) is 26.4. The van der Waals surface area contributed by atoms with Crippen LogP contribution in [0.5, 0.6) is 5.88 Å². The van der Waals surface area contributed by atoms with E-state index in [-0.39, 0.29) is 24.7 Å². The largest absolute Gasteiger partial charge is 0.470 e. The van der Waals surface area contributed by atoms with Crippen molar-refractivity contribution in [3.05, 3.63) is 65.5 Å². The number of amides is 1. The van der Waals surface area contributed by atoms with Crippen LogP contribution in [0.2, 0.25) is 0 Å². The van der Waals surface area contributed by atoms with Crippen molar-refractivity contribution >= 4 is 12.1 Å². The summed E-state index contributed by atoms with van der Waals surface area (Å²) in [7, 11) is 0. The highest BCUT2D eigenvalue weighted by Gasteiger charge is 2.33. The first kappa shape index (κ1) is 23.2. The third-order valence-corrected chi connectivity index (χ3v) is 4.74. The molecule has 2 aromatic rings. The lowest BCUT2D eigenvalue weighted by Crippen LogP contribution is -2.45. The van der Waals surface area contributed by atoms with Crippen LogP contribution in [0.15, 0.2) is 47.9 Å². The quantitative estimate of drug-likeness (QED) is 0.537. The number of ether oxygens (including phenoxy) is 1. The number of hydrogen-bond acceptors (Lipinski definition) is 6. The Kier molecular flexibility index (Phi) is 7.39. The fourth-order valence-electron chi connectivity index (χ4n) is 3.21. The van der Waals surface area contributed by atoms with Crippen LogP contribution < -0.4 is 10.5 Å². The molecule has 2 N–H and O–H groups in total. The maximum atomic E-state index is 14.1. The molecule has 0 bridgehead atoms. The van der Waals surface area contributed by atoms with Gasteiger partial charge in [0.2, 0.25) is 0 Å². The number of piperidine rings is 1. The molecule has 1 aliphatic heterocycles. The zero-order valence-corrected chi connectivity index (χ0v) is 16.9. The van der Waals surface area contributed by atoms with Crippen LogP contribution in [0.3, 0.4) is 0 Å². The molecule has 11 heteroatoms. The molecule has 1 aliphatic rings. The molecule has 3 rings (SSSR count). The third-order valence-electron chi connectivity index (χ3n) is 4.74. The number of carbonyl (C=O) groups is 1. The van der Waals surface area contributed by atoms with E-state index in [0.717, 1.165) is 0 Å². The second-order valence-corrected chi connectivity index (χ2v) is 7.03. The molecule has 1 saturated heterocycles. The Hall–Kier alpha value is -3.50. The molecule has 0 aliphatic carbocycles. The number of nitrogens with zero attached hydrogens (tertiary/aromatic N) is 4. The van der Waals surface area contributed by atoms with Crippen molar-refractivity contribution in [1.82, 2.24) is 14.9 Å². The Labute approximate surface area is 181 Å². The normalized spacial score (nSPS) is 17.2. The van der Waals surface area contributed by atoms with Gasteiger partial charge < -0.3 is 15.4 Å². The maximum Gasteiger partial charge on any atom is 0.417 e. The van der Waals surface area contributed by atoms with E-state index in [9.17, 15) is 22.4 Å². The van der Waals surface area contributed by atoms with Crippen molar-refractivity contribution in [3.63, 3.8) is 0 Å². The molecule has 0 aromatic carbocycles. The zero-order valence-electron chi connectivity index (χ0n) is 16.9. The molecule has 7 nitrogen and oxygen atoms in total. The van der Waals surface area contributed by atoms with E-state index in [1.165, 1.54) is 23.5 Å². The molecule has 1 atom stereocenters. The minimum Gasteiger partial charge on any atom is -0.470 e. The van der Waals surface area contributed by atoms with E-state index in [2.05, 4.69) is 15.0 Å². The average Bonchev–Trinajstić information content (AvgIpc) is 2.77. The summed E-state index contributed by atoms with van der Waals surface area (Å²) in [5.41, 5.74) is 4.91. The van der Waals surface area contributed by atoms with Gasteiger partial charge in [-0.1, -0.05) is 6.07 Å². The molecule has 170 valence electrons. The minimum atomic E-state index is -4.70. The van der Waals surface area contributed by atoms with Crippen LogP contribution in [0.4, 0.5) is 17.6 Å². The van der Waals surface area contributed by atoms with Crippen LogP contribution in [-0.4, -0.2) is 46.2 Å². The number of hydrogen-bond donors (Lipinski definition) is 1. The zero-order chi connectivity index (χ0) is 23.1. The second kappa shape index (κ2) is 10.2. The topological polar surface area (TPSA) is 93.7 Å². The van der Waals surface area contributed by atoms with Crippen molar-refractivity contribution in [1.29, 1.82) is 0 Å². The monoisotopic (exact) mass is 451 g/mol. The third kappa shape index (κ3) is 5.80. The van der Waals surface area contributed by atoms with Crippen LogP contribution >= 0.6 is 0 Å². The van der Waals surface area contributed by atoms with E-state index >= 15 is 0 Å². The lowest BCUT2D eigenvalue weighted by Gasteiger charge is -2.32. The van der Waals surface area contributed by atoms with E-state index in [1.807, 2.05) is 0 Å². The Morgan fingerprint density at radius 2 is 2.19 bits per heavy atom. The molecule has 1 amide bonds. The number of nitrogens with two attached hydrogens (primary N) is 1. The molecule has 3 heterocycles. The van der Waals surface area contributed by atoms with Gasteiger partial charge in [0.1, 0.15) is 11.8 Å². The molecular formula is C21H21F4N5O2. The SMILES string of the molecule is N/C=C\C=NCc1cccnc1C(=O)N1CCCC(Oc2ncc(C(F)(F)F)cc2F)C1. The first-order valence-corrected chi connectivity index (χ1v) is 9.79. The number of aromatic nitrogens is 2. The minimum absolute atomic E-state index is 0.121. The van der Waals surface area contributed by atoms with Gasteiger partial charge in [0.05, 0.1) is 18.7 Å². The van der Waals surface area contributed by atoms with Crippen LogP contribution in [0.25, 0.3) is 0 Å².